The van der Waals surface area contributed by atoms with Gasteiger partial charge in [-0.25, -0.2) is 0 Å². The molecule has 1 amide bonds. The van der Waals surface area contributed by atoms with Crippen LogP contribution in [0.5, 0.6) is 5.75 Å². The molecule has 4 rings (SSSR count). The molecule has 3 aromatic carbocycles. The minimum Gasteiger partial charge on any atom is -0.497 e. The van der Waals surface area contributed by atoms with E-state index in [4.69, 9.17) is 28.6 Å². The number of nitrogens with zero attached hydrogens (tertiary/aromatic N) is 1. The number of thiocarbonyl (C=S) groups is 1. The minimum atomic E-state index is -0.207. The zero-order valence-electron chi connectivity index (χ0n) is 20.5. The second-order valence-electron chi connectivity index (χ2n) is 8.91. The molecule has 6 nitrogen and oxygen atoms in total. The molecule has 0 radical (unpaired) electrons. The highest BCUT2D eigenvalue weighted by Gasteiger charge is 2.20. The summed E-state index contributed by atoms with van der Waals surface area (Å²) in [6.07, 6.45) is 6.31. The van der Waals surface area contributed by atoms with Crippen molar-refractivity contribution in [2.24, 2.45) is 0 Å². The summed E-state index contributed by atoms with van der Waals surface area (Å²) in [5, 5.41) is 10.4. The summed E-state index contributed by atoms with van der Waals surface area (Å²) < 4.78 is 5.18. The molecule has 1 aliphatic rings. The van der Waals surface area contributed by atoms with Gasteiger partial charge in [0.05, 0.1) is 17.8 Å². The van der Waals surface area contributed by atoms with Crippen molar-refractivity contribution in [3.8, 4) is 5.75 Å². The number of carbonyl (C=O) groups excluding carboxylic acids is 1. The van der Waals surface area contributed by atoms with Crippen molar-refractivity contribution in [2.45, 2.75) is 38.1 Å². The zero-order valence-corrected chi connectivity index (χ0v) is 22.1. The van der Waals surface area contributed by atoms with Gasteiger partial charge in [-0.3, -0.25) is 4.79 Å². The lowest BCUT2D eigenvalue weighted by Crippen LogP contribution is -2.33. The van der Waals surface area contributed by atoms with E-state index in [0.29, 0.717) is 33.2 Å². The second kappa shape index (κ2) is 12.1. The molecule has 0 atom stereocenters. The fourth-order valence-corrected chi connectivity index (χ4v) is 4.98. The molecule has 36 heavy (non-hydrogen) atoms. The van der Waals surface area contributed by atoms with Gasteiger partial charge in [-0.05, 0) is 85.7 Å². The van der Waals surface area contributed by atoms with E-state index >= 15 is 0 Å². The molecule has 0 heterocycles. The van der Waals surface area contributed by atoms with Crippen molar-refractivity contribution in [2.75, 3.05) is 35.0 Å². The second-order valence-corrected chi connectivity index (χ2v) is 9.73. The van der Waals surface area contributed by atoms with Gasteiger partial charge in [-0.2, -0.15) is 0 Å². The number of anilines is 4. The summed E-state index contributed by atoms with van der Waals surface area (Å²) in [7, 11) is 3.70. The number of carbonyl (C=O) groups is 1. The predicted molar refractivity (Wildman–Crippen MR) is 154 cm³/mol. The van der Waals surface area contributed by atoms with Gasteiger partial charge in [0, 0.05) is 35.7 Å². The molecule has 1 aliphatic carbocycles. The lowest BCUT2D eigenvalue weighted by molar-refractivity contribution is 0.102. The lowest BCUT2D eigenvalue weighted by Gasteiger charge is -2.33. The number of amides is 1. The first-order chi connectivity index (χ1) is 17.4. The number of hydrogen-bond acceptors (Lipinski definition) is 4. The molecule has 3 aromatic rings. The Bertz CT molecular complexity index is 1210. The van der Waals surface area contributed by atoms with Gasteiger partial charge >= 0.3 is 0 Å². The van der Waals surface area contributed by atoms with Crippen LogP contribution in [0, 0.1) is 0 Å². The Morgan fingerprint density at radius 3 is 2.22 bits per heavy atom. The molecule has 0 spiro atoms. The lowest BCUT2D eigenvalue weighted by atomic mass is 9.94. The number of hydrogen-bond donors (Lipinski definition) is 3. The number of ether oxygens (including phenoxy) is 1. The van der Waals surface area contributed by atoms with Crippen LogP contribution in [-0.4, -0.2) is 31.2 Å². The summed E-state index contributed by atoms with van der Waals surface area (Å²) in [5.41, 5.74) is 3.86. The van der Waals surface area contributed by atoms with Crippen LogP contribution in [0.2, 0.25) is 5.02 Å². The highest BCUT2D eigenvalue weighted by Crippen LogP contribution is 2.33. The van der Waals surface area contributed by atoms with Crippen molar-refractivity contribution >= 4 is 57.6 Å². The van der Waals surface area contributed by atoms with Crippen LogP contribution in [0.25, 0.3) is 0 Å². The Kier molecular flexibility index (Phi) is 8.67. The fraction of sp³-hybridized carbons (Fsp3) is 0.286. The zero-order chi connectivity index (χ0) is 25.5. The van der Waals surface area contributed by atoms with Crippen molar-refractivity contribution < 1.29 is 9.53 Å². The number of nitrogens with one attached hydrogen (secondary N) is 3. The minimum absolute atomic E-state index is 0.207. The molecule has 0 unspecified atom stereocenters. The Hall–Kier alpha value is -3.29. The quantitative estimate of drug-likeness (QED) is 0.286. The molecule has 1 fully saturated rings. The van der Waals surface area contributed by atoms with E-state index in [9.17, 15) is 4.79 Å². The summed E-state index contributed by atoms with van der Waals surface area (Å²) in [6.45, 7) is 0. The van der Waals surface area contributed by atoms with Crippen molar-refractivity contribution in [1.29, 1.82) is 0 Å². The normalized spacial score (nSPS) is 13.5. The van der Waals surface area contributed by atoms with Crippen LogP contribution in [-0.2, 0) is 0 Å². The van der Waals surface area contributed by atoms with Gasteiger partial charge in [-0.1, -0.05) is 36.9 Å². The SMILES string of the molecule is COc1cccc(C(=O)Nc2ccc(NC(=S)Nc3ccc(N(C)C4CCCCC4)c(Cl)c3)cc2)c1. The molecule has 188 valence electrons. The first kappa shape index (κ1) is 25.8. The molecular weight excluding hydrogens is 492 g/mol. The summed E-state index contributed by atoms with van der Waals surface area (Å²) in [4.78, 5) is 14.8. The smallest absolute Gasteiger partial charge is 0.255 e. The molecule has 0 aromatic heterocycles. The monoisotopic (exact) mass is 522 g/mol. The molecule has 0 bridgehead atoms. The maximum Gasteiger partial charge on any atom is 0.255 e. The number of benzene rings is 3. The highest BCUT2D eigenvalue weighted by molar-refractivity contribution is 7.80. The third kappa shape index (κ3) is 6.68. The summed E-state index contributed by atoms with van der Waals surface area (Å²) in [5.74, 6) is 0.427. The van der Waals surface area contributed by atoms with Gasteiger partial charge in [0.15, 0.2) is 5.11 Å². The number of methoxy groups -OCH3 is 1. The molecule has 0 aliphatic heterocycles. The van der Waals surface area contributed by atoms with E-state index < -0.39 is 0 Å². The van der Waals surface area contributed by atoms with E-state index in [2.05, 4.69) is 27.9 Å². The number of rotatable bonds is 7. The molecular formula is C28H31ClN4O2S. The van der Waals surface area contributed by atoms with Crippen LogP contribution in [0.15, 0.2) is 66.7 Å². The van der Waals surface area contributed by atoms with E-state index in [1.54, 1.807) is 31.4 Å². The Balaban J connectivity index is 1.31. The topological polar surface area (TPSA) is 65.6 Å². The fourth-order valence-electron chi connectivity index (χ4n) is 4.43. The Morgan fingerprint density at radius 2 is 1.56 bits per heavy atom. The average molecular weight is 523 g/mol. The molecule has 3 N–H and O–H groups in total. The van der Waals surface area contributed by atoms with Crippen molar-refractivity contribution in [3.63, 3.8) is 0 Å². The first-order valence-corrected chi connectivity index (χ1v) is 12.9. The number of halogens is 1. The first-order valence-electron chi connectivity index (χ1n) is 12.1. The maximum atomic E-state index is 12.5. The third-order valence-electron chi connectivity index (χ3n) is 6.44. The predicted octanol–water partition coefficient (Wildman–Crippen LogP) is 7.18. The van der Waals surface area contributed by atoms with Crippen LogP contribution in [0.3, 0.4) is 0 Å². The van der Waals surface area contributed by atoms with Gasteiger partial charge < -0.3 is 25.6 Å². The van der Waals surface area contributed by atoms with Crippen LogP contribution >= 0.6 is 23.8 Å². The van der Waals surface area contributed by atoms with Gasteiger partial charge in [0.1, 0.15) is 5.75 Å². The molecule has 8 heteroatoms. The van der Waals surface area contributed by atoms with E-state index in [0.717, 1.165) is 17.1 Å². The largest absolute Gasteiger partial charge is 0.497 e. The highest BCUT2D eigenvalue weighted by atomic mass is 35.5. The van der Waals surface area contributed by atoms with Crippen molar-refractivity contribution in [3.05, 3.63) is 77.3 Å². The molecule has 1 saturated carbocycles. The van der Waals surface area contributed by atoms with Crippen molar-refractivity contribution in [1.82, 2.24) is 0 Å². The van der Waals surface area contributed by atoms with Gasteiger partial charge in [-0.15, -0.1) is 0 Å². The average Bonchev–Trinajstić information content (AvgIpc) is 2.90. The van der Waals surface area contributed by atoms with Crippen LogP contribution < -0.4 is 25.6 Å². The molecule has 0 saturated heterocycles. The summed E-state index contributed by atoms with van der Waals surface area (Å²) in [6, 6.07) is 20.8. The third-order valence-corrected chi connectivity index (χ3v) is 6.95. The van der Waals surface area contributed by atoms with E-state index in [1.807, 2.05) is 42.5 Å². The van der Waals surface area contributed by atoms with Gasteiger partial charge in [0.2, 0.25) is 0 Å². The van der Waals surface area contributed by atoms with Gasteiger partial charge in [0.25, 0.3) is 5.91 Å². The maximum absolute atomic E-state index is 12.5. The van der Waals surface area contributed by atoms with E-state index in [1.165, 1.54) is 32.1 Å². The Morgan fingerprint density at radius 1 is 0.917 bits per heavy atom. The van der Waals surface area contributed by atoms with Crippen LogP contribution in [0.4, 0.5) is 22.7 Å². The Labute approximate surface area is 223 Å². The standard InChI is InChI=1S/C28H31ClN4O2S/c1-33(23-8-4-3-5-9-23)26-16-15-22(18-25(26)29)32-28(36)31-21-13-11-20(12-14-21)30-27(34)19-7-6-10-24(17-19)35-2/h6-7,10-18,23H,3-5,8-9H2,1-2H3,(H,30,34)(H2,31,32,36). The summed E-state index contributed by atoms with van der Waals surface area (Å²) >= 11 is 12.1. The van der Waals surface area contributed by atoms with Crippen LogP contribution in [0.1, 0.15) is 42.5 Å². The van der Waals surface area contributed by atoms with E-state index in [-0.39, 0.29) is 5.91 Å².